The molecule has 1 heterocycles. The molecule has 2 rings (SSSR count). The molecule has 18 heavy (non-hydrogen) atoms. The highest BCUT2D eigenvalue weighted by Crippen LogP contribution is 2.31. The van der Waals surface area contributed by atoms with Crippen LogP contribution in [0.4, 0.5) is 0 Å². The fourth-order valence-electron chi connectivity index (χ4n) is 3.16. The lowest BCUT2D eigenvalue weighted by molar-refractivity contribution is 0.227. The van der Waals surface area contributed by atoms with E-state index in [4.69, 9.17) is 0 Å². The maximum Gasteiger partial charge on any atom is 0.138 e. The van der Waals surface area contributed by atoms with Crippen molar-refractivity contribution in [2.24, 2.45) is 11.8 Å². The Balaban J connectivity index is 1.99. The van der Waals surface area contributed by atoms with Crippen molar-refractivity contribution in [3.05, 3.63) is 12.2 Å². The summed E-state index contributed by atoms with van der Waals surface area (Å²) in [7, 11) is 2.06. The van der Waals surface area contributed by atoms with Crippen LogP contribution in [0, 0.1) is 11.8 Å². The second kappa shape index (κ2) is 6.88. The minimum Gasteiger partial charge on any atom is -0.319 e. The zero-order valence-electron chi connectivity index (χ0n) is 11.7. The van der Waals surface area contributed by atoms with Gasteiger partial charge >= 0.3 is 0 Å². The minimum absolute atomic E-state index is 0.783. The topological polar surface area (TPSA) is 42.7 Å². The summed E-state index contributed by atoms with van der Waals surface area (Å²) in [4.78, 5) is 4.45. The standard InChI is InChI=1S/C14H26N4/c1-3-8-18-14(16-11-17-18)9-12-6-4-5-7-13(12)10-15-2/h11-13,15H,3-10H2,1-2H3. The smallest absolute Gasteiger partial charge is 0.138 e. The summed E-state index contributed by atoms with van der Waals surface area (Å²) in [6.45, 7) is 4.33. The summed E-state index contributed by atoms with van der Waals surface area (Å²) in [6.07, 6.45) is 9.43. The maximum atomic E-state index is 4.45. The third kappa shape index (κ3) is 3.31. The van der Waals surface area contributed by atoms with Crippen LogP contribution in [0.25, 0.3) is 0 Å². The lowest BCUT2D eigenvalue weighted by Crippen LogP contribution is -2.30. The van der Waals surface area contributed by atoms with Gasteiger partial charge < -0.3 is 5.32 Å². The van der Waals surface area contributed by atoms with E-state index < -0.39 is 0 Å². The Labute approximate surface area is 110 Å². The predicted octanol–water partition coefficient (Wildman–Crippen LogP) is 2.26. The SMILES string of the molecule is CCCn1ncnc1CC1CCCCC1CNC. The number of hydrogen-bond donors (Lipinski definition) is 1. The van der Waals surface area contributed by atoms with E-state index in [0.29, 0.717) is 0 Å². The van der Waals surface area contributed by atoms with Gasteiger partial charge in [-0.3, -0.25) is 4.68 Å². The summed E-state index contributed by atoms with van der Waals surface area (Å²) >= 11 is 0. The quantitative estimate of drug-likeness (QED) is 0.842. The third-order valence-corrected chi connectivity index (χ3v) is 4.11. The first kappa shape index (κ1) is 13.5. The van der Waals surface area contributed by atoms with Crippen molar-refractivity contribution >= 4 is 0 Å². The molecule has 1 N–H and O–H groups in total. The van der Waals surface area contributed by atoms with Gasteiger partial charge in [-0.1, -0.05) is 19.8 Å². The summed E-state index contributed by atoms with van der Waals surface area (Å²) in [5.41, 5.74) is 0. The number of hydrogen-bond acceptors (Lipinski definition) is 3. The molecule has 1 fully saturated rings. The molecule has 1 aliphatic rings. The molecule has 0 aromatic carbocycles. The van der Waals surface area contributed by atoms with Gasteiger partial charge in [0.15, 0.2) is 0 Å². The normalized spacial score (nSPS) is 24.3. The van der Waals surface area contributed by atoms with Crippen molar-refractivity contribution in [1.29, 1.82) is 0 Å². The van der Waals surface area contributed by atoms with Crippen LogP contribution in [0.2, 0.25) is 0 Å². The largest absolute Gasteiger partial charge is 0.319 e. The van der Waals surface area contributed by atoms with Crippen molar-refractivity contribution < 1.29 is 0 Å². The van der Waals surface area contributed by atoms with E-state index in [2.05, 4.69) is 34.1 Å². The van der Waals surface area contributed by atoms with Gasteiger partial charge in [-0.25, -0.2) is 4.98 Å². The second-order valence-corrected chi connectivity index (χ2v) is 5.47. The number of nitrogens with zero attached hydrogens (tertiary/aromatic N) is 3. The molecule has 2 atom stereocenters. The molecule has 1 aliphatic carbocycles. The Morgan fingerprint density at radius 2 is 2.11 bits per heavy atom. The molecule has 1 aromatic rings. The fourth-order valence-corrected chi connectivity index (χ4v) is 3.16. The van der Waals surface area contributed by atoms with Crippen LogP contribution in [0.3, 0.4) is 0 Å². The summed E-state index contributed by atoms with van der Waals surface area (Å²) < 4.78 is 2.09. The van der Waals surface area contributed by atoms with Gasteiger partial charge in [0.05, 0.1) is 0 Å². The van der Waals surface area contributed by atoms with Crippen molar-refractivity contribution in [2.75, 3.05) is 13.6 Å². The number of rotatable bonds is 6. The van der Waals surface area contributed by atoms with Crippen LogP contribution in [0.1, 0.15) is 44.9 Å². The molecule has 0 saturated heterocycles. The first-order chi connectivity index (χ1) is 8.85. The first-order valence-corrected chi connectivity index (χ1v) is 7.36. The molecule has 0 spiro atoms. The Kier molecular flexibility index (Phi) is 5.17. The van der Waals surface area contributed by atoms with Gasteiger partial charge in [0.2, 0.25) is 0 Å². The zero-order valence-corrected chi connectivity index (χ0v) is 11.7. The molecular formula is C14H26N4. The Bertz CT molecular complexity index is 345. The molecule has 0 amide bonds. The van der Waals surface area contributed by atoms with Gasteiger partial charge in [-0.05, 0) is 44.7 Å². The number of aryl methyl sites for hydroxylation is 1. The van der Waals surface area contributed by atoms with E-state index in [9.17, 15) is 0 Å². The monoisotopic (exact) mass is 250 g/mol. The lowest BCUT2D eigenvalue weighted by Gasteiger charge is -2.31. The van der Waals surface area contributed by atoms with Crippen molar-refractivity contribution in [3.8, 4) is 0 Å². The highest BCUT2D eigenvalue weighted by Gasteiger charge is 2.26. The number of nitrogens with one attached hydrogen (secondary N) is 1. The van der Waals surface area contributed by atoms with Crippen LogP contribution >= 0.6 is 0 Å². The zero-order chi connectivity index (χ0) is 12.8. The van der Waals surface area contributed by atoms with E-state index in [1.54, 1.807) is 6.33 Å². The molecule has 4 heteroatoms. The van der Waals surface area contributed by atoms with Crippen LogP contribution in [0.15, 0.2) is 6.33 Å². The first-order valence-electron chi connectivity index (χ1n) is 7.36. The molecule has 2 unspecified atom stereocenters. The molecule has 0 bridgehead atoms. The maximum absolute atomic E-state index is 4.45. The van der Waals surface area contributed by atoms with Gasteiger partial charge in [0.25, 0.3) is 0 Å². The Hall–Kier alpha value is -0.900. The average molecular weight is 250 g/mol. The van der Waals surface area contributed by atoms with E-state index in [-0.39, 0.29) is 0 Å². The van der Waals surface area contributed by atoms with Crippen molar-refractivity contribution in [2.45, 2.75) is 52.0 Å². The minimum atomic E-state index is 0.783. The highest BCUT2D eigenvalue weighted by atomic mass is 15.3. The number of aromatic nitrogens is 3. The van der Waals surface area contributed by atoms with Crippen molar-refractivity contribution in [1.82, 2.24) is 20.1 Å². The van der Waals surface area contributed by atoms with Crippen LogP contribution in [-0.4, -0.2) is 28.4 Å². The van der Waals surface area contributed by atoms with Crippen LogP contribution in [0.5, 0.6) is 0 Å². The van der Waals surface area contributed by atoms with E-state index >= 15 is 0 Å². The van der Waals surface area contributed by atoms with E-state index in [1.807, 2.05) is 0 Å². The molecular weight excluding hydrogens is 224 g/mol. The van der Waals surface area contributed by atoms with Crippen molar-refractivity contribution in [3.63, 3.8) is 0 Å². The van der Waals surface area contributed by atoms with E-state index in [0.717, 1.165) is 37.8 Å². The Morgan fingerprint density at radius 1 is 1.33 bits per heavy atom. The average Bonchev–Trinajstić information content (AvgIpc) is 2.80. The lowest BCUT2D eigenvalue weighted by atomic mass is 9.77. The van der Waals surface area contributed by atoms with Gasteiger partial charge in [0.1, 0.15) is 12.2 Å². The van der Waals surface area contributed by atoms with Gasteiger partial charge in [-0.2, -0.15) is 5.10 Å². The molecule has 0 aliphatic heterocycles. The summed E-state index contributed by atoms with van der Waals surface area (Å²) in [5.74, 6) is 2.78. The summed E-state index contributed by atoms with van der Waals surface area (Å²) in [5, 5.41) is 7.68. The highest BCUT2D eigenvalue weighted by molar-refractivity contribution is 4.91. The van der Waals surface area contributed by atoms with Crippen LogP contribution in [-0.2, 0) is 13.0 Å². The molecule has 102 valence electrons. The second-order valence-electron chi connectivity index (χ2n) is 5.47. The van der Waals surface area contributed by atoms with Crippen LogP contribution < -0.4 is 5.32 Å². The molecule has 1 saturated carbocycles. The Morgan fingerprint density at radius 3 is 2.83 bits per heavy atom. The summed E-state index contributed by atoms with van der Waals surface area (Å²) in [6, 6.07) is 0. The molecule has 4 nitrogen and oxygen atoms in total. The fraction of sp³-hybridized carbons (Fsp3) is 0.857. The van der Waals surface area contributed by atoms with E-state index in [1.165, 1.54) is 31.5 Å². The third-order valence-electron chi connectivity index (χ3n) is 4.11. The molecule has 1 aromatic heterocycles. The molecule has 0 radical (unpaired) electrons. The predicted molar refractivity (Wildman–Crippen MR) is 73.4 cm³/mol. The van der Waals surface area contributed by atoms with Gasteiger partial charge in [0, 0.05) is 13.0 Å². The van der Waals surface area contributed by atoms with Gasteiger partial charge in [-0.15, -0.1) is 0 Å².